The van der Waals surface area contributed by atoms with E-state index in [-0.39, 0.29) is 17.7 Å². The van der Waals surface area contributed by atoms with Gasteiger partial charge in [-0.15, -0.1) is 5.10 Å². The standard InChI is InChI=1S/C17H22N6O2S/c1-3-22(4-2)13(14-7-5-10-25-14)11-19-15(24)12-26-17-20-16-18-8-6-9-23(16)21-17/h5-10,13H,3-4,11-12H2,1-2H3,(H,19,24). The zero-order valence-electron chi connectivity index (χ0n) is 14.8. The highest BCUT2D eigenvalue weighted by atomic mass is 32.2. The molecule has 0 aliphatic rings. The predicted molar refractivity (Wildman–Crippen MR) is 98.9 cm³/mol. The number of nitrogens with zero attached hydrogens (tertiary/aromatic N) is 5. The maximum Gasteiger partial charge on any atom is 0.253 e. The van der Waals surface area contributed by atoms with Gasteiger partial charge in [0.2, 0.25) is 11.1 Å². The van der Waals surface area contributed by atoms with Crippen LogP contribution in [0.1, 0.15) is 25.6 Å². The molecule has 3 aromatic rings. The number of carbonyl (C=O) groups is 1. The maximum absolute atomic E-state index is 12.2. The molecule has 0 fully saturated rings. The van der Waals surface area contributed by atoms with E-state index in [9.17, 15) is 4.79 Å². The van der Waals surface area contributed by atoms with Crippen molar-refractivity contribution in [1.82, 2.24) is 29.8 Å². The Morgan fingerprint density at radius 3 is 2.92 bits per heavy atom. The first-order chi connectivity index (χ1) is 12.7. The highest BCUT2D eigenvalue weighted by Crippen LogP contribution is 2.20. The molecule has 138 valence electrons. The van der Waals surface area contributed by atoms with Gasteiger partial charge in [0, 0.05) is 18.9 Å². The van der Waals surface area contributed by atoms with Crippen LogP contribution in [0.4, 0.5) is 0 Å². The van der Waals surface area contributed by atoms with Crippen LogP contribution >= 0.6 is 11.8 Å². The zero-order chi connectivity index (χ0) is 18.4. The molecule has 1 atom stereocenters. The highest BCUT2D eigenvalue weighted by molar-refractivity contribution is 7.99. The van der Waals surface area contributed by atoms with Gasteiger partial charge in [-0.25, -0.2) is 9.50 Å². The summed E-state index contributed by atoms with van der Waals surface area (Å²) in [6.07, 6.45) is 5.09. The Bertz CT molecular complexity index is 798. The van der Waals surface area contributed by atoms with Gasteiger partial charge in [-0.05, 0) is 31.3 Å². The van der Waals surface area contributed by atoms with E-state index in [1.165, 1.54) is 11.8 Å². The molecule has 3 aromatic heterocycles. The summed E-state index contributed by atoms with van der Waals surface area (Å²) in [5.74, 6) is 1.56. The third kappa shape index (κ3) is 4.41. The summed E-state index contributed by atoms with van der Waals surface area (Å²) < 4.78 is 7.14. The normalized spacial score (nSPS) is 12.6. The summed E-state index contributed by atoms with van der Waals surface area (Å²) in [5, 5.41) is 7.80. The molecule has 0 bridgehead atoms. The minimum absolute atomic E-state index is 0.0199. The fourth-order valence-corrected chi connectivity index (χ4v) is 3.38. The molecule has 0 aromatic carbocycles. The van der Waals surface area contributed by atoms with Crippen molar-refractivity contribution in [2.24, 2.45) is 0 Å². The SMILES string of the molecule is CCN(CC)C(CNC(=O)CSc1nc2ncccn2n1)c1ccco1. The summed E-state index contributed by atoms with van der Waals surface area (Å²) in [6, 6.07) is 5.61. The highest BCUT2D eigenvalue weighted by Gasteiger charge is 2.21. The quantitative estimate of drug-likeness (QED) is 0.573. The lowest BCUT2D eigenvalue weighted by Gasteiger charge is -2.28. The summed E-state index contributed by atoms with van der Waals surface area (Å²) >= 11 is 1.29. The van der Waals surface area contributed by atoms with Crippen LogP contribution in [0.25, 0.3) is 5.78 Å². The number of furan rings is 1. The van der Waals surface area contributed by atoms with Gasteiger partial charge >= 0.3 is 0 Å². The first-order valence-corrected chi connectivity index (χ1v) is 9.54. The van der Waals surface area contributed by atoms with Crippen molar-refractivity contribution in [3.8, 4) is 0 Å². The monoisotopic (exact) mass is 374 g/mol. The number of hydrogen-bond acceptors (Lipinski definition) is 7. The Labute approximate surface area is 156 Å². The fraction of sp³-hybridized carbons (Fsp3) is 0.412. The average molecular weight is 374 g/mol. The van der Waals surface area contributed by atoms with Crippen LogP contribution in [0, 0.1) is 0 Å². The molecule has 1 N–H and O–H groups in total. The van der Waals surface area contributed by atoms with Crippen molar-refractivity contribution in [1.29, 1.82) is 0 Å². The molecule has 1 amide bonds. The second-order valence-corrected chi connectivity index (χ2v) is 6.55. The number of amides is 1. The van der Waals surface area contributed by atoms with Gasteiger partial charge in [-0.2, -0.15) is 4.98 Å². The Morgan fingerprint density at radius 2 is 2.23 bits per heavy atom. The van der Waals surface area contributed by atoms with E-state index in [2.05, 4.69) is 39.1 Å². The number of nitrogens with one attached hydrogen (secondary N) is 1. The first kappa shape index (κ1) is 18.4. The van der Waals surface area contributed by atoms with E-state index in [0.29, 0.717) is 17.5 Å². The Kier molecular flexibility index (Phi) is 6.24. The third-order valence-electron chi connectivity index (χ3n) is 4.05. The number of aromatic nitrogens is 4. The molecule has 0 radical (unpaired) electrons. The Morgan fingerprint density at radius 1 is 1.38 bits per heavy atom. The van der Waals surface area contributed by atoms with Crippen molar-refractivity contribution in [2.45, 2.75) is 25.0 Å². The molecule has 0 aliphatic carbocycles. The van der Waals surface area contributed by atoms with Gasteiger partial charge in [0.1, 0.15) is 5.76 Å². The van der Waals surface area contributed by atoms with Crippen LogP contribution in [-0.4, -0.2) is 55.8 Å². The Hall–Kier alpha value is -2.39. The molecule has 8 nitrogen and oxygen atoms in total. The van der Waals surface area contributed by atoms with Crippen molar-refractivity contribution < 1.29 is 9.21 Å². The van der Waals surface area contributed by atoms with Gasteiger partial charge in [-0.3, -0.25) is 9.69 Å². The lowest BCUT2D eigenvalue weighted by atomic mass is 10.2. The van der Waals surface area contributed by atoms with E-state index in [4.69, 9.17) is 4.42 Å². The maximum atomic E-state index is 12.2. The number of fused-ring (bicyclic) bond motifs is 1. The molecular formula is C17H22N6O2S. The summed E-state index contributed by atoms with van der Waals surface area (Å²) in [5.41, 5.74) is 0. The number of thioether (sulfide) groups is 1. The van der Waals surface area contributed by atoms with Crippen LogP contribution in [0.2, 0.25) is 0 Å². The largest absolute Gasteiger partial charge is 0.468 e. The molecule has 0 spiro atoms. The Balaban J connectivity index is 1.54. The van der Waals surface area contributed by atoms with Gasteiger partial charge < -0.3 is 9.73 Å². The topological polar surface area (TPSA) is 88.6 Å². The molecule has 0 aliphatic heterocycles. The minimum atomic E-state index is -0.0643. The minimum Gasteiger partial charge on any atom is -0.468 e. The van der Waals surface area contributed by atoms with Crippen LogP contribution < -0.4 is 5.32 Å². The molecule has 3 heterocycles. The molecule has 3 rings (SSSR count). The average Bonchev–Trinajstić information content (AvgIpc) is 3.32. The van der Waals surface area contributed by atoms with Crippen LogP contribution in [0.5, 0.6) is 0 Å². The molecule has 0 saturated heterocycles. The lowest BCUT2D eigenvalue weighted by molar-refractivity contribution is -0.118. The van der Waals surface area contributed by atoms with Gasteiger partial charge in [0.25, 0.3) is 5.78 Å². The van der Waals surface area contributed by atoms with Crippen LogP contribution in [0.15, 0.2) is 46.4 Å². The van der Waals surface area contributed by atoms with Crippen molar-refractivity contribution in [2.75, 3.05) is 25.4 Å². The van der Waals surface area contributed by atoms with Crippen LogP contribution in [0.3, 0.4) is 0 Å². The van der Waals surface area contributed by atoms with Gasteiger partial charge in [0.05, 0.1) is 18.1 Å². The second-order valence-electron chi connectivity index (χ2n) is 5.60. The van der Waals surface area contributed by atoms with E-state index in [0.717, 1.165) is 18.8 Å². The summed E-state index contributed by atoms with van der Waals surface area (Å²) in [6.45, 7) is 6.45. The molecule has 0 saturated carbocycles. The summed E-state index contributed by atoms with van der Waals surface area (Å²) in [7, 11) is 0. The van der Waals surface area contributed by atoms with E-state index >= 15 is 0 Å². The van der Waals surface area contributed by atoms with E-state index < -0.39 is 0 Å². The molecule has 26 heavy (non-hydrogen) atoms. The fourth-order valence-electron chi connectivity index (χ4n) is 2.72. The smallest absolute Gasteiger partial charge is 0.253 e. The zero-order valence-corrected chi connectivity index (χ0v) is 15.6. The lowest BCUT2D eigenvalue weighted by Crippen LogP contribution is -2.38. The van der Waals surface area contributed by atoms with Gasteiger partial charge in [-0.1, -0.05) is 25.6 Å². The molecule has 9 heteroatoms. The number of rotatable bonds is 9. The van der Waals surface area contributed by atoms with E-state index in [1.54, 1.807) is 29.2 Å². The van der Waals surface area contributed by atoms with Gasteiger partial charge in [0.15, 0.2) is 0 Å². The van der Waals surface area contributed by atoms with E-state index in [1.807, 2.05) is 12.1 Å². The molecule has 1 unspecified atom stereocenters. The second kappa shape index (κ2) is 8.81. The van der Waals surface area contributed by atoms with Crippen molar-refractivity contribution in [3.63, 3.8) is 0 Å². The number of likely N-dealkylation sites (N-methyl/N-ethyl adjacent to an activating group) is 1. The number of hydrogen-bond donors (Lipinski definition) is 1. The van der Waals surface area contributed by atoms with Crippen LogP contribution in [-0.2, 0) is 4.79 Å². The van der Waals surface area contributed by atoms with Crippen molar-refractivity contribution >= 4 is 23.4 Å². The predicted octanol–water partition coefficient (Wildman–Crippen LogP) is 2.01. The third-order valence-corrected chi connectivity index (χ3v) is 4.88. The number of carbonyl (C=O) groups excluding carboxylic acids is 1. The van der Waals surface area contributed by atoms with Crippen molar-refractivity contribution in [3.05, 3.63) is 42.6 Å². The molecular weight excluding hydrogens is 352 g/mol. The first-order valence-electron chi connectivity index (χ1n) is 8.55. The summed E-state index contributed by atoms with van der Waals surface area (Å²) in [4.78, 5) is 22.9.